The molecule has 1 amide bonds. The van der Waals surface area contributed by atoms with Crippen molar-refractivity contribution in [1.29, 1.82) is 0 Å². The zero-order valence-electron chi connectivity index (χ0n) is 12.0. The van der Waals surface area contributed by atoms with Crippen LogP contribution in [-0.2, 0) is 7.05 Å². The van der Waals surface area contributed by atoms with Gasteiger partial charge < -0.3 is 5.32 Å². The van der Waals surface area contributed by atoms with Gasteiger partial charge in [-0.25, -0.2) is 0 Å². The van der Waals surface area contributed by atoms with Crippen molar-refractivity contribution in [2.24, 2.45) is 7.05 Å². The van der Waals surface area contributed by atoms with Crippen molar-refractivity contribution in [2.75, 3.05) is 5.32 Å². The number of benzene rings is 2. The second-order valence-corrected chi connectivity index (χ2v) is 5.75. The first-order chi connectivity index (χ1) is 10.6. The molecule has 0 aliphatic heterocycles. The third kappa shape index (κ3) is 3.09. The lowest BCUT2D eigenvalue weighted by Gasteiger charge is -2.06. The Balaban J connectivity index is 1.76. The van der Waals surface area contributed by atoms with Crippen LogP contribution in [0.1, 0.15) is 10.5 Å². The van der Waals surface area contributed by atoms with Gasteiger partial charge in [-0.1, -0.05) is 42.5 Å². The van der Waals surface area contributed by atoms with E-state index in [0.717, 1.165) is 16.8 Å². The number of halogens is 1. The number of hydrogen-bond acceptors (Lipinski definition) is 2. The number of amides is 1. The summed E-state index contributed by atoms with van der Waals surface area (Å²) in [6.45, 7) is 0. The molecule has 22 heavy (non-hydrogen) atoms. The molecule has 0 atom stereocenters. The molecular weight excluding hydrogens is 342 g/mol. The van der Waals surface area contributed by atoms with Crippen molar-refractivity contribution in [3.05, 3.63) is 71.0 Å². The summed E-state index contributed by atoms with van der Waals surface area (Å²) >= 11 is 3.33. The molecule has 5 heteroatoms. The van der Waals surface area contributed by atoms with E-state index in [2.05, 4.69) is 38.5 Å². The molecule has 0 spiro atoms. The Morgan fingerprint density at radius 1 is 1.05 bits per heavy atom. The Bertz CT molecular complexity index is 795. The minimum Gasteiger partial charge on any atom is -0.321 e. The Morgan fingerprint density at radius 3 is 2.27 bits per heavy atom. The average Bonchev–Trinajstić information content (AvgIpc) is 2.88. The summed E-state index contributed by atoms with van der Waals surface area (Å²) in [5.74, 6) is -0.236. The largest absolute Gasteiger partial charge is 0.321 e. The number of anilines is 1. The van der Waals surface area contributed by atoms with E-state index in [0.29, 0.717) is 10.2 Å². The van der Waals surface area contributed by atoms with Crippen molar-refractivity contribution in [3.63, 3.8) is 0 Å². The zero-order valence-corrected chi connectivity index (χ0v) is 13.5. The third-order valence-electron chi connectivity index (χ3n) is 3.25. The van der Waals surface area contributed by atoms with Gasteiger partial charge in [-0.2, -0.15) is 5.10 Å². The van der Waals surface area contributed by atoms with Gasteiger partial charge in [0.2, 0.25) is 0 Å². The SMILES string of the molecule is Cn1cc(Br)c(C(=O)Nc2ccc(-c3ccccc3)cc2)n1. The lowest BCUT2D eigenvalue weighted by atomic mass is 10.1. The topological polar surface area (TPSA) is 46.9 Å². The van der Waals surface area contributed by atoms with Crippen LogP contribution in [0.25, 0.3) is 11.1 Å². The van der Waals surface area contributed by atoms with Gasteiger partial charge in [-0.05, 0) is 39.2 Å². The Hall–Kier alpha value is -2.40. The summed E-state index contributed by atoms with van der Waals surface area (Å²) in [6.07, 6.45) is 1.74. The first-order valence-corrected chi connectivity index (χ1v) is 7.59. The predicted molar refractivity (Wildman–Crippen MR) is 90.7 cm³/mol. The fraction of sp³-hybridized carbons (Fsp3) is 0.0588. The van der Waals surface area contributed by atoms with Gasteiger partial charge >= 0.3 is 0 Å². The molecule has 0 aliphatic carbocycles. The summed E-state index contributed by atoms with van der Waals surface area (Å²) < 4.78 is 2.27. The monoisotopic (exact) mass is 355 g/mol. The van der Waals surface area contributed by atoms with Crippen molar-refractivity contribution < 1.29 is 4.79 Å². The van der Waals surface area contributed by atoms with Gasteiger partial charge in [-0.15, -0.1) is 0 Å². The molecular formula is C17H14BrN3O. The van der Waals surface area contributed by atoms with E-state index in [9.17, 15) is 4.79 Å². The van der Waals surface area contributed by atoms with Crippen LogP contribution in [-0.4, -0.2) is 15.7 Å². The fourth-order valence-corrected chi connectivity index (χ4v) is 2.74. The van der Waals surface area contributed by atoms with Crippen molar-refractivity contribution in [1.82, 2.24) is 9.78 Å². The minimum absolute atomic E-state index is 0.236. The average molecular weight is 356 g/mol. The quantitative estimate of drug-likeness (QED) is 0.768. The Kier molecular flexibility index (Phi) is 4.06. The van der Waals surface area contributed by atoms with Crippen LogP contribution in [0.4, 0.5) is 5.69 Å². The van der Waals surface area contributed by atoms with Crippen LogP contribution >= 0.6 is 15.9 Å². The summed E-state index contributed by atoms with van der Waals surface area (Å²) in [4.78, 5) is 12.2. The van der Waals surface area contributed by atoms with E-state index in [1.54, 1.807) is 17.9 Å². The smallest absolute Gasteiger partial charge is 0.277 e. The molecule has 0 saturated heterocycles. The summed E-state index contributed by atoms with van der Waals surface area (Å²) in [5, 5.41) is 6.98. The predicted octanol–water partition coefficient (Wildman–Crippen LogP) is 4.10. The van der Waals surface area contributed by atoms with E-state index in [4.69, 9.17) is 0 Å². The molecule has 3 aromatic rings. The highest BCUT2D eigenvalue weighted by molar-refractivity contribution is 9.10. The summed E-state index contributed by atoms with van der Waals surface area (Å²) in [6, 6.07) is 17.8. The minimum atomic E-state index is -0.236. The number of aromatic nitrogens is 2. The third-order valence-corrected chi connectivity index (χ3v) is 3.83. The van der Waals surface area contributed by atoms with E-state index < -0.39 is 0 Å². The van der Waals surface area contributed by atoms with Crippen molar-refractivity contribution in [3.8, 4) is 11.1 Å². The van der Waals surface area contributed by atoms with Gasteiger partial charge in [0.25, 0.3) is 5.91 Å². The number of aryl methyl sites for hydroxylation is 1. The molecule has 1 aromatic heterocycles. The van der Waals surface area contributed by atoms with Gasteiger partial charge in [0, 0.05) is 18.9 Å². The van der Waals surface area contributed by atoms with Crippen LogP contribution in [0.15, 0.2) is 65.3 Å². The number of nitrogens with one attached hydrogen (secondary N) is 1. The van der Waals surface area contributed by atoms with Crippen LogP contribution < -0.4 is 5.32 Å². The summed E-state index contributed by atoms with van der Waals surface area (Å²) in [5.41, 5.74) is 3.36. The maximum atomic E-state index is 12.2. The van der Waals surface area contributed by atoms with Gasteiger partial charge in [-0.3, -0.25) is 9.48 Å². The van der Waals surface area contributed by atoms with Crippen molar-refractivity contribution in [2.45, 2.75) is 0 Å². The number of carbonyl (C=O) groups excluding carboxylic acids is 1. The molecule has 3 rings (SSSR count). The standard InChI is InChI=1S/C17H14BrN3O/c1-21-11-15(18)16(20-21)17(22)19-14-9-7-13(8-10-14)12-5-3-2-4-6-12/h2-11H,1H3,(H,19,22). The fourth-order valence-electron chi connectivity index (χ4n) is 2.18. The molecule has 0 unspecified atom stereocenters. The molecule has 2 aromatic carbocycles. The maximum Gasteiger partial charge on any atom is 0.277 e. The normalized spacial score (nSPS) is 10.5. The molecule has 110 valence electrons. The van der Waals surface area contributed by atoms with E-state index >= 15 is 0 Å². The number of rotatable bonds is 3. The zero-order chi connectivity index (χ0) is 15.5. The lowest BCUT2D eigenvalue weighted by Crippen LogP contribution is -2.13. The van der Waals surface area contributed by atoms with Gasteiger partial charge in [0.05, 0.1) is 4.47 Å². The highest BCUT2D eigenvalue weighted by atomic mass is 79.9. The Labute approximate surface area is 136 Å². The van der Waals surface area contributed by atoms with Crippen LogP contribution in [0.5, 0.6) is 0 Å². The maximum absolute atomic E-state index is 12.2. The first kappa shape index (κ1) is 14.5. The first-order valence-electron chi connectivity index (χ1n) is 6.79. The van der Waals surface area contributed by atoms with E-state index in [1.165, 1.54) is 0 Å². The van der Waals surface area contributed by atoms with Crippen LogP contribution in [0, 0.1) is 0 Å². The molecule has 0 saturated carbocycles. The van der Waals surface area contributed by atoms with Gasteiger partial charge in [0.15, 0.2) is 5.69 Å². The van der Waals surface area contributed by atoms with Crippen LogP contribution in [0.3, 0.4) is 0 Å². The Morgan fingerprint density at radius 2 is 1.68 bits per heavy atom. The number of nitrogens with zero attached hydrogens (tertiary/aromatic N) is 2. The van der Waals surface area contributed by atoms with E-state index in [1.807, 2.05) is 42.5 Å². The highest BCUT2D eigenvalue weighted by Crippen LogP contribution is 2.22. The highest BCUT2D eigenvalue weighted by Gasteiger charge is 2.14. The van der Waals surface area contributed by atoms with Crippen LogP contribution in [0.2, 0.25) is 0 Å². The molecule has 0 aliphatic rings. The number of hydrogen-bond donors (Lipinski definition) is 1. The molecule has 0 bridgehead atoms. The van der Waals surface area contributed by atoms with Gasteiger partial charge in [0.1, 0.15) is 0 Å². The molecule has 1 heterocycles. The molecule has 0 fully saturated rings. The lowest BCUT2D eigenvalue weighted by molar-refractivity contribution is 0.102. The molecule has 4 nitrogen and oxygen atoms in total. The number of carbonyl (C=O) groups is 1. The summed E-state index contributed by atoms with van der Waals surface area (Å²) in [7, 11) is 1.77. The molecule has 1 N–H and O–H groups in total. The second kappa shape index (κ2) is 6.15. The van der Waals surface area contributed by atoms with E-state index in [-0.39, 0.29) is 5.91 Å². The molecule has 0 radical (unpaired) electrons. The second-order valence-electron chi connectivity index (χ2n) is 4.90. The van der Waals surface area contributed by atoms with Crippen molar-refractivity contribution >= 4 is 27.5 Å².